The maximum absolute atomic E-state index is 12.5. The quantitative estimate of drug-likeness (QED) is 0.290. The summed E-state index contributed by atoms with van der Waals surface area (Å²) in [7, 11) is 1.54. The number of nitrogens with zero attached hydrogens (tertiary/aromatic N) is 1. The molecule has 1 heterocycles. The van der Waals surface area contributed by atoms with Crippen molar-refractivity contribution < 1.29 is 19.0 Å². The number of cyclic esters (lactones) is 1. The zero-order valence-corrected chi connectivity index (χ0v) is 19.0. The van der Waals surface area contributed by atoms with Crippen LogP contribution in [0.4, 0.5) is 0 Å². The Morgan fingerprint density at radius 1 is 1.00 bits per heavy atom. The van der Waals surface area contributed by atoms with Crippen molar-refractivity contribution in [3.63, 3.8) is 0 Å². The van der Waals surface area contributed by atoms with Gasteiger partial charge >= 0.3 is 5.97 Å². The summed E-state index contributed by atoms with van der Waals surface area (Å²) < 4.78 is 16.8. The van der Waals surface area contributed by atoms with Gasteiger partial charge in [0.15, 0.2) is 17.2 Å². The van der Waals surface area contributed by atoms with Crippen LogP contribution in [0.1, 0.15) is 16.7 Å². The maximum Gasteiger partial charge on any atom is 0.363 e. The molecule has 5 nitrogen and oxygen atoms in total. The highest BCUT2D eigenvalue weighted by molar-refractivity contribution is 6.37. The molecule has 1 aliphatic heterocycles. The number of carbonyl (C=O) groups excluding carboxylic acids is 1. The molecule has 0 N–H and O–H groups in total. The van der Waals surface area contributed by atoms with Crippen LogP contribution in [0.3, 0.4) is 0 Å². The fraction of sp³-hybridized carbons (Fsp3) is 0.0833. The minimum atomic E-state index is -0.602. The normalized spacial score (nSPS) is 14.3. The first-order valence-electron chi connectivity index (χ1n) is 9.47. The van der Waals surface area contributed by atoms with Crippen molar-refractivity contribution in [2.24, 2.45) is 4.99 Å². The third-order valence-corrected chi connectivity index (χ3v) is 5.36. The van der Waals surface area contributed by atoms with Crippen molar-refractivity contribution in [2.45, 2.75) is 6.61 Å². The lowest BCUT2D eigenvalue weighted by Gasteiger charge is -2.13. The Morgan fingerprint density at radius 2 is 1.78 bits per heavy atom. The van der Waals surface area contributed by atoms with E-state index in [1.54, 1.807) is 55.7 Å². The molecule has 3 aromatic rings. The number of hydrogen-bond acceptors (Lipinski definition) is 5. The van der Waals surface area contributed by atoms with Crippen LogP contribution < -0.4 is 9.47 Å². The van der Waals surface area contributed by atoms with Gasteiger partial charge in [-0.25, -0.2) is 9.79 Å². The molecule has 0 radical (unpaired) electrons. The Labute approximate surface area is 199 Å². The predicted molar refractivity (Wildman–Crippen MR) is 126 cm³/mol. The third-order valence-electron chi connectivity index (χ3n) is 4.58. The van der Waals surface area contributed by atoms with E-state index >= 15 is 0 Å². The first-order chi connectivity index (χ1) is 15.4. The molecule has 32 heavy (non-hydrogen) atoms. The molecular weight excluding hydrogens is 473 g/mol. The van der Waals surface area contributed by atoms with Crippen LogP contribution in [-0.2, 0) is 16.1 Å². The van der Waals surface area contributed by atoms with Gasteiger partial charge in [0.25, 0.3) is 0 Å². The Hall–Kier alpha value is -2.99. The average Bonchev–Trinajstić information content (AvgIpc) is 3.12. The van der Waals surface area contributed by atoms with Gasteiger partial charge in [-0.2, -0.15) is 0 Å². The number of aliphatic imine (C=N–C) groups is 1. The van der Waals surface area contributed by atoms with E-state index in [1.807, 2.05) is 18.2 Å². The number of para-hydroxylation sites is 1. The van der Waals surface area contributed by atoms with E-state index in [2.05, 4.69) is 4.99 Å². The summed E-state index contributed by atoms with van der Waals surface area (Å²) in [6.07, 6.45) is 1.58. The number of benzene rings is 3. The molecule has 0 saturated carbocycles. The van der Waals surface area contributed by atoms with Gasteiger partial charge < -0.3 is 14.2 Å². The Bertz CT molecular complexity index is 1250. The molecule has 0 fully saturated rings. The van der Waals surface area contributed by atoms with E-state index in [4.69, 9.17) is 49.0 Å². The summed E-state index contributed by atoms with van der Waals surface area (Å²) in [5.74, 6) is 0.475. The minimum Gasteiger partial charge on any atom is -0.493 e. The summed E-state index contributed by atoms with van der Waals surface area (Å²) in [6, 6.07) is 17.5. The molecule has 0 bridgehead atoms. The zero-order valence-electron chi connectivity index (χ0n) is 16.8. The lowest BCUT2D eigenvalue weighted by Crippen LogP contribution is -2.06. The van der Waals surface area contributed by atoms with Gasteiger partial charge in [-0.3, -0.25) is 0 Å². The van der Waals surface area contributed by atoms with E-state index in [-0.39, 0.29) is 18.2 Å². The van der Waals surface area contributed by atoms with Crippen LogP contribution in [0.15, 0.2) is 71.4 Å². The molecule has 0 spiro atoms. The number of halogens is 3. The first-order valence-corrected chi connectivity index (χ1v) is 10.6. The van der Waals surface area contributed by atoms with Crippen LogP contribution in [-0.4, -0.2) is 19.0 Å². The highest BCUT2D eigenvalue weighted by atomic mass is 35.5. The summed E-state index contributed by atoms with van der Waals surface area (Å²) in [5, 5.41) is 1.42. The summed E-state index contributed by atoms with van der Waals surface area (Å²) in [4.78, 5) is 16.8. The van der Waals surface area contributed by atoms with Gasteiger partial charge in [-0.15, -0.1) is 0 Å². The van der Waals surface area contributed by atoms with Gasteiger partial charge in [0.1, 0.15) is 6.61 Å². The van der Waals surface area contributed by atoms with Crippen LogP contribution in [0.2, 0.25) is 15.1 Å². The van der Waals surface area contributed by atoms with Crippen LogP contribution in [0.5, 0.6) is 11.5 Å². The van der Waals surface area contributed by atoms with Crippen LogP contribution in [0, 0.1) is 0 Å². The van der Waals surface area contributed by atoms with Crippen molar-refractivity contribution in [1.82, 2.24) is 0 Å². The van der Waals surface area contributed by atoms with Crippen molar-refractivity contribution in [1.29, 1.82) is 0 Å². The zero-order chi connectivity index (χ0) is 22.7. The fourth-order valence-electron chi connectivity index (χ4n) is 3.08. The molecule has 0 atom stereocenters. The molecule has 0 aliphatic carbocycles. The second kappa shape index (κ2) is 9.65. The van der Waals surface area contributed by atoms with E-state index in [0.717, 1.165) is 5.56 Å². The van der Waals surface area contributed by atoms with Crippen LogP contribution in [0.25, 0.3) is 6.08 Å². The van der Waals surface area contributed by atoms with E-state index in [0.29, 0.717) is 37.7 Å². The molecule has 0 unspecified atom stereocenters. The van der Waals surface area contributed by atoms with E-state index in [1.165, 1.54) is 0 Å². The number of esters is 1. The van der Waals surface area contributed by atoms with E-state index in [9.17, 15) is 4.79 Å². The summed E-state index contributed by atoms with van der Waals surface area (Å²) in [5.41, 5.74) is 2.06. The molecule has 0 saturated heterocycles. The lowest BCUT2D eigenvalue weighted by molar-refractivity contribution is -0.129. The molecule has 4 rings (SSSR count). The third kappa shape index (κ3) is 4.91. The largest absolute Gasteiger partial charge is 0.493 e. The lowest BCUT2D eigenvalue weighted by atomic mass is 10.1. The Kier molecular flexibility index (Phi) is 6.70. The topological polar surface area (TPSA) is 57.1 Å². The van der Waals surface area contributed by atoms with Crippen molar-refractivity contribution in [3.05, 3.63) is 98.1 Å². The van der Waals surface area contributed by atoms with Crippen molar-refractivity contribution in [3.8, 4) is 11.5 Å². The van der Waals surface area contributed by atoms with Gasteiger partial charge in [-0.1, -0.05) is 59.1 Å². The van der Waals surface area contributed by atoms with Crippen LogP contribution >= 0.6 is 34.8 Å². The van der Waals surface area contributed by atoms with Gasteiger partial charge in [-0.05, 0) is 48.0 Å². The van der Waals surface area contributed by atoms with Gasteiger partial charge in [0, 0.05) is 15.6 Å². The Morgan fingerprint density at radius 3 is 2.53 bits per heavy atom. The second-order valence-electron chi connectivity index (χ2n) is 6.76. The number of ether oxygens (including phenoxy) is 3. The monoisotopic (exact) mass is 487 g/mol. The van der Waals surface area contributed by atoms with Gasteiger partial charge in [0.2, 0.25) is 5.90 Å². The highest BCUT2D eigenvalue weighted by Crippen LogP contribution is 2.35. The highest BCUT2D eigenvalue weighted by Gasteiger charge is 2.26. The summed E-state index contributed by atoms with van der Waals surface area (Å²) in [6.45, 7) is 0.260. The molecular formula is C24H16Cl3NO4. The minimum absolute atomic E-state index is 0.104. The number of carbonyl (C=O) groups is 1. The molecule has 1 aliphatic rings. The number of hydrogen-bond donors (Lipinski definition) is 0. The molecule has 8 heteroatoms. The van der Waals surface area contributed by atoms with Crippen molar-refractivity contribution in [2.75, 3.05) is 7.11 Å². The number of rotatable bonds is 6. The number of methoxy groups -OCH3 is 1. The second-order valence-corrected chi connectivity index (χ2v) is 8.04. The molecule has 162 valence electrons. The molecule has 3 aromatic carbocycles. The first kappa shape index (κ1) is 22.2. The fourth-order valence-corrected chi connectivity index (χ4v) is 3.78. The van der Waals surface area contributed by atoms with E-state index < -0.39 is 5.97 Å². The Balaban J connectivity index is 1.67. The smallest absolute Gasteiger partial charge is 0.363 e. The van der Waals surface area contributed by atoms with Gasteiger partial charge in [0.05, 0.1) is 17.7 Å². The average molecular weight is 489 g/mol. The summed E-state index contributed by atoms with van der Waals surface area (Å²) >= 11 is 18.2. The SMILES string of the molecule is COc1cccc(/C=C2\N=C(c3ccc(Cl)cc3Cl)OC2=O)c1OCc1cccc(Cl)c1. The standard InChI is InChI=1S/C24H16Cl3NO4/c1-30-21-7-3-5-15(22(21)31-13-14-4-2-6-16(25)10-14)11-20-24(29)32-23(28-20)18-9-8-17(26)12-19(18)27/h2-12H,13H2,1H3/b20-11-. The predicted octanol–water partition coefficient (Wildman–Crippen LogP) is 6.58. The maximum atomic E-state index is 12.5. The molecule has 0 aromatic heterocycles. The molecule has 0 amide bonds. The van der Waals surface area contributed by atoms with Crippen molar-refractivity contribution >= 4 is 52.7 Å².